The second-order valence-corrected chi connectivity index (χ2v) is 5.58. The maximum absolute atomic E-state index is 9.32. The van der Waals surface area contributed by atoms with E-state index in [1.54, 1.807) is 0 Å². The summed E-state index contributed by atoms with van der Waals surface area (Å²) in [5.74, 6) is 0.897. The highest BCUT2D eigenvalue weighted by Crippen LogP contribution is 2.28. The Kier molecular flexibility index (Phi) is 3.77. The van der Waals surface area contributed by atoms with Crippen LogP contribution in [0.15, 0.2) is 34.8 Å². The number of nitrogens with zero attached hydrogens (tertiary/aromatic N) is 2. The SMILES string of the molecule is N#Cc1cc(-c2ccc(Br)cc2)[nH]c1N1CCOCC1. The van der Waals surface area contributed by atoms with Crippen molar-refractivity contribution in [2.24, 2.45) is 0 Å². The predicted octanol–water partition coefficient (Wildman–Crippen LogP) is 3.15. The van der Waals surface area contributed by atoms with Gasteiger partial charge in [-0.3, -0.25) is 0 Å². The number of rotatable bonds is 2. The number of halogens is 1. The van der Waals surface area contributed by atoms with E-state index >= 15 is 0 Å². The minimum Gasteiger partial charge on any atom is -0.378 e. The summed E-state index contributed by atoms with van der Waals surface area (Å²) < 4.78 is 6.40. The van der Waals surface area contributed by atoms with Gasteiger partial charge in [0.05, 0.1) is 18.8 Å². The summed E-state index contributed by atoms with van der Waals surface area (Å²) >= 11 is 3.43. The van der Waals surface area contributed by atoms with Crippen LogP contribution in [0.5, 0.6) is 0 Å². The number of aromatic nitrogens is 1. The Bertz CT molecular complexity index is 636. The topological polar surface area (TPSA) is 52.0 Å². The van der Waals surface area contributed by atoms with Gasteiger partial charge in [-0.15, -0.1) is 0 Å². The number of nitriles is 1. The molecule has 0 aliphatic carbocycles. The molecule has 0 bridgehead atoms. The average molecular weight is 332 g/mol. The van der Waals surface area contributed by atoms with Crippen LogP contribution in [-0.2, 0) is 4.74 Å². The molecule has 2 aromatic rings. The monoisotopic (exact) mass is 331 g/mol. The highest BCUT2D eigenvalue weighted by molar-refractivity contribution is 9.10. The number of aromatic amines is 1. The molecule has 20 heavy (non-hydrogen) atoms. The Morgan fingerprint density at radius 2 is 1.90 bits per heavy atom. The fraction of sp³-hybridized carbons (Fsp3) is 0.267. The molecule has 1 fully saturated rings. The summed E-state index contributed by atoms with van der Waals surface area (Å²) in [6, 6.07) is 12.2. The number of anilines is 1. The van der Waals surface area contributed by atoms with Gasteiger partial charge in [-0.05, 0) is 23.8 Å². The zero-order valence-electron chi connectivity index (χ0n) is 10.9. The minimum absolute atomic E-state index is 0.685. The largest absolute Gasteiger partial charge is 0.378 e. The molecule has 1 aliphatic heterocycles. The molecule has 2 heterocycles. The molecule has 1 N–H and O–H groups in total. The third kappa shape index (κ3) is 2.58. The van der Waals surface area contributed by atoms with Crippen LogP contribution in [0.4, 0.5) is 5.82 Å². The Balaban J connectivity index is 1.96. The standard InChI is InChI=1S/C15H14BrN3O/c16-13-3-1-11(2-4-13)14-9-12(10-17)15(18-14)19-5-7-20-8-6-19/h1-4,9,18H,5-8H2. The maximum Gasteiger partial charge on any atom is 0.124 e. The van der Waals surface area contributed by atoms with Crippen molar-refractivity contribution in [2.45, 2.75) is 0 Å². The van der Waals surface area contributed by atoms with Gasteiger partial charge in [-0.25, -0.2) is 0 Å². The first-order valence-electron chi connectivity index (χ1n) is 6.49. The van der Waals surface area contributed by atoms with E-state index in [9.17, 15) is 5.26 Å². The van der Waals surface area contributed by atoms with Gasteiger partial charge in [0.1, 0.15) is 11.9 Å². The second-order valence-electron chi connectivity index (χ2n) is 4.66. The van der Waals surface area contributed by atoms with E-state index in [0.717, 1.165) is 34.6 Å². The number of morpholine rings is 1. The van der Waals surface area contributed by atoms with Crippen LogP contribution in [0.1, 0.15) is 5.56 Å². The van der Waals surface area contributed by atoms with Crippen LogP contribution >= 0.6 is 15.9 Å². The van der Waals surface area contributed by atoms with Gasteiger partial charge >= 0.3 is 0 Å². The lowest BCUT2D eigenvalue weighted by molar-refractivity contribution is 0.122. The Morgan fingerprint density at radius 3 is 2.55 bits per heavy atom. The molecule has 1 saturated heterocycles. The first-order chi connectivity index (χ1) is 9.78. The van der Waals surface area contributed by atoms with Crippen molar-refractivity contribution in [2.75, 3.05) is 31.2 Å². The third-order valence-corrected chi connectivity index (χ3v) is 3.93. The molecule has 3 rings (SSSR count). The zero-order chi connectivity index (χ0) is 13.9. The first kappa shape index (κ1) is 13.2. The summed E-state index contributed by atoms with van der Waals surface area (Å²) in [5, 5.41) is 9.32. The van der Waals surface area contributed by atoms with Crippen LogP contribution in [0.2, 0.25) is 0 Å². The van der Waals surface area contributed by atoms with Crippen LogP contribution < -0.4 is 4.90 Å². The van der Waals surface area contributed by atoms with Gasteiger partial charge in [0, 0.05) is 23.3 Å². The van der Waals surface area contributed by atoms with Crippen LogP contribution in [0.25, 0.3) is 11.3 Å². The van der Waals surface area contributed by atoms with E-state index in [1.807, 2.05) is 30.3 Å². The lowest BCUT2D eigenvalue weighted by Gasteiger charge is -2.27. The first-order valence-corrected chi connectivity index (χ1v) is 7.29. The molecule has 0 atom stereocenters. The Labute approximate surface area is 126 Å². The van der Waals surface area contributed by atoms with Gasteiger partial charge in [0.2, 0.25) is 0 Å². The molecule has 0 spiro atoms. The van der Waals surface area contributed by atoms with Crippen molar-refractivity contribution >= 4 is 21.7 Å². The molecule has 1 aromatic heterocycles. The molecule has 0 radical (unpaired) electrons. The van der Waals surface area contributed by atoms with E-state index in [2.05, 4.69) is 31.9 Å². The van der Waals surface area contributed by atoms with E-state index in [4.69, 9.17) is 4.74 Å². The predicted molar refractivity (Wildman–Crippen MR) is 81.7 cm³/mol. The molecule has 4 nitrogen and oxygen atoms in total. The maximum atomic E-state index is 9.32. The molecule has 5 heteroatoms. The summed E-state index contributed by atoms with van der Waals surface area (Å²) in [7, 11) is 0. The van der Waals surface area contributed by atoms with Gasteiger partial charge in [-0.2, -0.15) is 5.26 Å². The second kappa shape index (κ2) is 5.70. The number of benzene rings is 1. The fourth-order valence-corrected chi connectivity index (χ4v) is 2.61. The number of hydrogen-bond donors (Lipinski definition) is 1. The van der Waals surface area contributed by atoms with Crippen molar-refractivity contribution < 1.29 is 4.74 Å². The van der Waals surface area contributed by atoms with Gasteiger partial charge in [0.25, 0.3) is 0 Å². The summed E-state index contributed by atoms with van der Waals surface area (Å²) in [5.41, 5.74) is 2.73. The summed E-state index contributed by atoms with van der Waals surface area (Å²) in [6.07, 6.45) is 0. The van der Waals surface area contributed by atoms with Gasteiger partial charge in [0.15, 0.2) is 0 Å². The highest BCUT2D eigenvalue weighted by Gasteiger charge is 2.18. The number of H-pyrrole nitrogens is 1. The Hall–Kier alpha value is -1.77. The van der Waals surface area contributed by atoms with E-state index in [1.165, 1.54) is 0 Å². The zero-order valence-corrected chi connectivity index (χ0v) is 12.5. The van der Waals surface area contributed by atoms with Crippen LogP contribution in [0.3, 0.4) is 0 Å². The molecule has 0 saturated carbocycles. The van der Waals surface area contributed by atoms with Crippen molar-refractivity contribution in [3.05, 3.63) is 40.4 Å². The van der Waals surface area contributed by atoms with E-state index in [-0.39, 0.29) is 0 Å². The average Bonchev–Trinajstić information content (AvgIpc) is 2.93. The number of ether oxygens (including phenoxy) is 1. The third-order valence-electron chi connectivity index (χ3n) is 3.40. The molecule has 1 aliphatic rings. The smallest absolute Gasteiger partial charge is 0.124 e. The molecule has 1 aromatic carbocycles. The fourth-order valence-electron chi connectivity index (χ4n) is 2.35. The molecule has 102 valence electrons. The normalized spacial score (nSPS) is 15.1. The van der Waals surface area contributed by atoms with Crippen molar-refractivity contribution in [3.8, 4) is 17.3 Å². The van der Waals surface area contributed by atoms with Crippen molar-refractivity contribution in [1.82, 2.24) is 4.98 Å². The molecular weight excluding hydrogens is 318 g/mol. The van der Waals surface area contributed by atoms with Crippen molar-refractivity contribution in [3.63, 3.8) is 0 Å². The lowest BCUT2D eigenvalue weighted by Crippen LogP contribution is -2.36. The lowest BCUT2D eigenvalue weighted by atomic mass is 10.1. The number of nitrogens with one attached hydrogen (secondary N) is 1. The Morgan fingerprint density at radius 1 is 1.20 bits per heavy atom. The minimum atomic E-state index is 0.685. The van der Waals surface area contributed by atoms with E-state index in [0.29, 0.717) is 18.8 Å². The van der Waals surface area contributed by atoms with Crippen LogP contribution in [-0.4, -0.2) is 31.3 Å². The summed E-state index contributed by atoms with van der Waals surface area (Å²) in [4.78, 5) is 5.54. The summed E-state index contributed by atoms with van der Waals surface area (Å²) in [6.45, 7) is 3.04. The highest BCUT2D eigenvalue weighted by atomic mass is 79.9. The van der Waals surface area contributed by atoms with E-state index < -0.39 is 0 Å². The van der Waals surface area contributed by atoms with Gasteiger partial charge in [-0.1, -0.05) is 28.1 Å². The van der Waals surface area contributed by atoms with Gasteiger partial charge < -0.3 is 14.6 Å². The van der Waals surface area contributed by atoms with Crippen LogP contribution in [0, 0.1) is 11.3 Å². The molecular formula is C15H14BrN3O. The number of hydrogen-bond acceptors (Lipinski definition) is 3. The van der Waals surface area contributed by atoms with Crippen molar-refractivity contribution in [1.29, 1.82) is 5.26 Å². The molecule has 0 unspecified atom stereocenters. The quantitative estimate of drug-likeness (QED) is 0.919. The molecule has 0 amide bonds.